The van der Waals surface area contributed by atoms with E-state index in [1.165, 1.54) is 55.6 Å². The highest BCUT2D eigenvalue weighted by molar-refractivity contribution is 5.26. The van der Waals surface area contributed by atoms with Crippen molar-refractivity contribution >= 4 is 0 Å². The molecular formula is C40H50. The second-order valence-corrected chi connectivity index (χ2v) is 10.4. The zero-order valence-electron chi connectivity index (χ0n) is 26.5. The van der Waals surface area contributed by atoms with Crippen LogP contribution in [-0.4, -0.2) is 0 Å². The molecule has 0 aromatic heterocycles. The minimum Gasteiger partial charge on any atom is -0.0620 e. The minimum atomic E-state index is 1.37. The Morgan fingerprint density at radius 1 is 0.175 bits per heavy atom. The van der Waals surface area contributed by atoms with E-state index in [1.54, 1.807) is 0 Å². The Kier molecular flexibility index (Phi) is 16.4. The van der Waals surface area contributed by atoms with Gasteiger partial charge in [0.25, 0.3) is 0 Å². The molecule has 0 saturated heterocycles. The van der Waals surface area contributed by atoms with Crippen LogP contribution in [0.5, 0.6) is 0 Å². The molecule has 0 aliphatic heterocycles. The van der Waals surface area contributed by atoms with Crippen molar-refractivity contribution in [2.24, 2.45) is 0 Å². The van der Waals surface area contributed by atoms with Gasteiger partial charge in [0.05, 0.1) is 0 Å². The Balaban J connectivity index is 0.000000250. The van der Waals surface area contributed by atoms with Gasteiger partial charge < -0.3 is 0 Å². The predicted octanol–water partition coefficient (Wildman–Crippen LogP) is 11.5. The molecule has 0 spiro atoms. The molecule has 5 aromatic carbocycles. The largest absolute Gasteiger partial charge is 0.0620 e. The Labute approximate surface area is 245 Å². The summed E-state index contributed by atoms with van der Waals surface area (Å²) in [5, 5.41) is 0. The van der Waals surface area contributed by atoms with Gasteiger partial charge in [0.2, 0.25) is 0 Å². The van der Waals surface area contributed by atoms with Crippen LogP contribution in [0.15, 0.2) is 121 Å². The van der Waals surface area contributed by atoms with Crippen LogP contribution in [0.1, 0.15) is 55.6 Å². The summed E-state index contributed by atoms with van der Waals surface area (Å²) in [5.74, 6) is 0. The average molecular weight is 531 g/mol. The van der Waals surface area contributed by atoms with E-state index in [-0.39, 0.29) is 0 Å². The number of hydrogen-bond donors (Lipinski definition) is 0. The Morgan fingerprint density at radius 2 is 0.250 bits per heavy atom. The molecule has 0 saturated carbocycles. The van der Waals surface area contributed by atoms with E-state index < -0.39 is 0 Å². The monoisotopic (exact) mass is 530 g/mol. The molecule has 0 amide bonds. The van der Waals surface area contributed by atoms with Crippen molar-refractivity contribution in [1.82, 2.24) is 0 Å². The van der Waals surface area contributed by atoms with Gasteiger partial charge in [-0.3, -0.25) is 0 Å². The number of aryl methyl sites for hydroxylation is 10. The smallest absolute Gasteiger partial charge is 0.0395 e. The van der Waals surface area contributed by atoms with Crippen LogP contribution in [0.3, 0.4) is 0 Å². The summed E-state index contributed by atoms with van der Waals surface area (Å²) in [6.45, 7) is 21.2. The van der Waals surface area contributed by atoms with E-state index in [9.17, 15) is 0 Å². The average Bonchev–Trinajstić information content (AvgIpc) is 2.94. The number of hydrogen-bond acceptors (Lipinski definition) is 0. The lowest BCUT2D eigenvalue weighted by Crippen LogP contribution is -1.74. The molecule has 0 nitrogen and oxygen atoms in total. The quantitative estimate of drug-likeness (QED) is 0.187. The van der Waals surface area contributed by atoms with Gasteiger partial charge in [-0.25, -0.2) is 0 Å². The van der Waals surface area contributed by atoms with E-state index in [0.717, 1.165) is 0 Å². The van der Waals surface area contributed by atoms with E-state index in [1.807, 2.05) is 0 Å². The topological polar surface area (TPSA) is 0 Å². The van der Waals surface area contributed by atoms with Gasteiger partial charge in [-0.2, -0.15) is 0 Å². The molecule has 0 aliphatic rings. The molecule has 0 radical (unpaired) electrons. The van der Waals surface area contributed by atoms with Crippen LogP contribution in [-0.2, 0) is 0 Å². The fraction of sp³-hybridized carbons (Fsp3) is 0.250. The van der Waals surface area contributed by atoms with E-state index in [4.69, 9.17) is 0 Å². The van der Waals surface area contributed by atoms with Crippen LogP contribution in [0.4, 0.5) is 0 Å². The summed E-state index contributed by atoms with van der Waals surface area (Å²) < 4.78 is 0. The van der Waals surface area contributed by atoms with Crippen molar-refractivity contribution in [3.8, 4) is 0 Å². The molecule has 0 atom stereocenters. The van der Waals surface area contributed by atoms with Crippen LogP contribution in [0.25, 0.3) is 0 Å². The van der Waals surface area contributed by atoms with Crippen molar-refractivity contribution in [2.75, 3.05) is 0 Å². The van der Waals surface area contributed by atoms with Crippen LogP contribution in [0.2, 0.25) is 0 Å². The summed E-state index contributed by atoms with van der Waals surface area (Å²) in [5.41, 5.74) is 13.7. The lowest BCUT2D eigenvalue weighted by molar-refractivity contribution is 1.34. The zero-order chi connectivity index (χ0) is 29.9. The maximum Gasteiger partial charge on any atom is -0.0395 e. The second-order valence-electron chi connectivity index (χ2n) is 10.4. The number of rotatable bonds is 0. The third-order valence-corrected chi connectivity index (χ3v) is 7.13. The van der Waals surface area contributed by atoms with Gasteiger partial charge in [0.15, 0.2) is 0 Å². The maximum absolute atomic E-state index is 2.12. The minimum absolute atomic E-state index is 1.37. The van der Waals surface area contributed by atoms with E-state index in [2.05, 4.69) is 191 Å². The molecule has 0 unspecified atom stereocenters. The Hall–Kier alpha value is -3.90. The molecule has 0 N–H and O–H groups in total. The molecule has 0 bridgehead atoms. The standard InChI is InChI=1S/5C8H10/c5*1-7-5-3-4-6-8(7)2/h5*3-6H,1-2H3. The van der Waals surface area contributed by atoms with Crippen LogP contribution < -0.4 is 0 Å². The van der Waals surface area contributed by atoms with E-state index >= 15 is 0 Å². The fourth-order valence-corrected chi connectivity index (χ4v) is 3.31. The molecule has 0 heterocycles. The number of benzene rings is 5. The lowest BCUT2D eigenvalue weighted by atomic mass is 10.1. The first kappa shape index (κ1) is 34.1. The first-order valence-corrected chi connectivity index (χ1v) is 14.1. The van der Waals surface area contributed by atoms with Crippen molar-refractivity contribution in [3.63, 3.8) is 0 Å². The third kappa shape index (κ3) is 14.3. The molecule has 0 fully saturated rings. The third-order valence-electron chi connectivity index (χ3n) is 7.13. The van der Waals surface area contributed by atoms with Gasteiger partial charge >= 0.3 is 0 Å². The van der Waals surface area contributed by atoms with Gasteiger partial charge in [-0.05, 0) is 125 Å². The molecule has 5 rings (SSSR count). The molecule has 0 heteroatoms. The van der Waals surface area contributed by atoms with Gasteiger partial charge in [-0.15, -0.1) is 0 Å². The Bertz CT molecular complexity index is 1030. The highest BCUT2D eigenvalue weighted by Gasteiger charge is 1.86. The first-order valence-electron chi connectivity index (χ1n) is 14.1. The van der Waals surface area contributed by atoms with Crippen molar-refractivity contribution in [3.05, 3.63) is 177 Å². The van der Waals surface area contributed by atoms with Gasteiger partial charge in [0, 0.05) is 0 Å². The van der Waals surface area contributed by atoms with Gasteiger partial charge in [0.1, 0.15) is 0 Å². The summed E-state index contributed by atoms with van der Waals surface area (Å²) in [6.07, 6.45) is 0. The summed E-state index contributed by atoms with van der Waals surface area (Å²) in [4.78, 5) is 0. The van der Waals surface area contributed by atoms with Crippen molar-refractivity contribution in [1.29, 1.82) is 0 Å². The first-order chi connectivity index (χ1) is 19.0. The van der Waals surface area contributed by atoms with Crippen molar-refractivity contribution in [2.45, 2.75) is 69.2 Å². The fourth-order valence-electron chi connectivity index (χ4n) is 3.31. The second kappa shape index (κ2) is 19.2. The molecule has 210 valence electrons. The summed E-state index contributed by atoms with van der Waals surface area (Å²) in [6, 6.07) is 41.8. The molecule has 40 heavy (non-hydrogen) atoms. The lowest BCUT2D eigenvalue weighted by Gasteiger charge is -1.93. The highest BCUT2D eigenvalue weighted by Crippen LogP contribution is 2.05. The molecule has 0 aliphatic carbocycles. The van der Waals surface area contributed by atoms with Crippen molar-refractivity contribution < 1.29 is 0 Å². The zero-order valence-corrected chi connectivity index (χ0v) is 26.5. The van der Waals surface area contributed by atoms with Crippen LogP contribution >= 0.6 is 0 Å². The SMILES string of the molecule is Cc1ccccc1C.Cc1ccccc1C.Cc1ccccc1C.Cc1ccccc1C.Cc1ccccc1C. The predicted molar refractivity (Wildman–Crippen MR) is 180 cm³/mol. The molecular weight excluding hydrogens is 480 g/mol. The molecule has 5 aromatic rings. The summed E-state index contributed by atoms with van der Waals surface area (Å²) in [7, 11) is 0. The highest BCUT2D eigenvalue weighted by atomic mass is 13.9. The summed E-state index contributed by atoms with van der Waals surface area (Å²) >= 11 is 0. The van der Waals surface area contributed by atoms with Crippen LogP contribution in [0, 0.1) is 69.2 Å². The van der Waals surface area contributed by atoms with E-state index in [0.29, 0.717) is 0 Å². The normalized spacial score (nSPS) is 9.25. The van der Waals surface area contributed by atoms with Gasteiger partial charge in [-0.1, -0.05) is 121 Å². The maximum atomic E-state index is 2.12. The Morgan fingerprint density at radius 3 is 0.300 bits per heavy atom.